The number of nitrogens with zero attached hydrogens (tertiary/aromatic N) is 2. The van der Waals surface area contributed by atoms with Crippen LogP contribution in [0.3, 0.4) is 0 Å². The van der Waals surface area contributed by atoms with E-state index in [4.69, 9.17) is 0 Å². The first-order valence-electron chi connectivity index (χ1n) is 5.30. The number of piperazine rings is 1. The van der Waals surface area contributed by atoms with Crippen molar-refractivity contribution < 1.29 is 0 Å². The molecule has 1 aliphatic rings. The molecule has 1 N–H and O–H groups in total. The smallest absolute Gasteiger partial charge is 0.0410 e. The highest BCUT2D eigenvalue weighted by atomic mass is 79.9. The number of rotatable bonds is 2. The third kappa shape index (κ3) is 3.00. The van der Waals surface area contributed by atoms with Crippen molar-refractivity contribution in [3.05, 3.63) is 28.5 Å². The topological polar surface area (TPSA) is 28.2 Å². The zero-order valence-corrected chi connectivity index (χ0v) is 10.5. The zero-order chi connectivity index (χ0) is 10.7. The van der Waals surface area contributed by atoms with Crippen molar-refractivity contribution in [3.8, 4) is 0 Å². The van der Waals surface area contributed by atoms with Crippen molar-refractivity contribution in [1.82, 2.24) is 15.2 Å². The molecule has 0 aromatic carbocycles. The number of hydrogen-bond donors (Lipinski definition) is 1. The van der Waals surface area contributed by atoms with E-state index in [0.29, 0.717) is 6.04 Å². The monoisotopic (exact) mass is 269 g/mol. The lowest BCUT2D eigenvalue weighted by Gasteiger charge is -2.33. The fraction of sp³-hybridized carbons (Fsp3) is 0.545. The summed E-state index contributed by atoms with van der Waals surface area (Å²) in [6.45, 7) is 6.55. The van der Waals surface area contributed by atoms with Gasteiger partial charge < -0.3 is 5.32 Å². The molecule has 2 heterocycles. The molecule has 0 unspecified atom stereocenters. The molecular formula is C11H16BrN3. The van der Waals surface area contributed by atoms with E-state index >= 15 is 0 Å². The highest BCUT2D eigenvalue weighted by Crippen LogP contribution is 2.13. The summed E-state index contributed by atoms with van der Waals surface area (Å²) in [7, 11) is 0. The van der Waals surface area contributed by atoms with Crippen molar-refractivity contribution in [2.24, 2.45) is 0 Å². The molecule has 1 aromatic heterocycles. The van der Waals surface area contributed by atoms with E-state index in [2.05, 4.69) is 44.1 Å². The fourth-order valence-electron chi connectivity index (χ4n) is 1.89. The van der Waals surface area contributed by atoms with Gasteiger partial charge in [0.25, 0.3) is 0 Å². The van der Waals surface area contributed by atoms with Crippen LogP contribution in [0.5, 0.6) is 0 Å². The number of nitrogens with one attached hydrogen (secondary N) is 1. The SMILES string of the molecule is C[C@H]1CNCCN1Cc1cncc(Br)c1. The maximum atomic E-state index is 4.19. The Morgan fingerprint density at radius 3 is 3.20 bits per heavy atom. The van der Waals surface area contributed by atoms with Gasteiger partial charge in [-0.05, 0) is 34.5 Å². The predicted octanol–water partition coefficient (Wildman–Crippen LogP) is 1.64. The Morgan fingerprint density at radius 2 is 2.47 bits per heavy atom. The second-order valence-corrected chi connectivity index (χ2v) is 4.95. The van der Waals surface area contributed by atoms with Crippen LogP contribution in [0.4, 0.5) is 0 Å². The molecule has 0 spiro atoms. The van der Waals surface area contributed by atoms with E-state index in [9.17, 15) is 0 Å². The summed E-state index contributed by atoms with van der Waals surface area (Å²) < 4.78 is 1.06. The van der Waals surface area contributed by atoms with E-state index in [1.165, 1.54) is 5.56 Å². The van der Waals surface area contributed by atoms with Gasteiger partial charge in [0.15, 0.2) is 0 Å². The first kappa shape index (κ1) is 11.0. The minimum atomic E-state index is 0.609. The standard InChI is InChI=1S/C11H16BrN3/c1-9-5-13-2-3-15(9)8-10-4-11(12)7-14-6-10/h4,6-7,9,13H,2-3,5,8H2,1H3/t9-/m0/s1. The third-order valence-corrected chi connectivity index (χ3v) is 3.22. The van der Waals surface area contributed by atoms with Crippen LogP contribution in [0.25, 0.3) is 0 Å². The van der Waals surface area contributed by atoms with Crippen LogP contribution in [-0.4, -0.2) is 35.6 Å². The van der Waals surface area contributed by atoms with E-state index < -0.39 is 0 Å². The summed E-state index contributed by atoms with van der Waals surface area (Å²) in [5.41, 5.74) is 1.28. The second-order valence-electron chi connectivity index (χ2n) is 4.04. The highest BCUT2D eigenvalue weighted by Gasteiger charge is 2.17. The summed E-state index contributed by atoms with van der Waals surface area (Å²) in [4.78, 5) is 6.67. The van der Waals surface area contributed by atoms with Crippen molar-refractivity contribution in [2.45, 2.75) is 19.5 Å². The second kappa shape index (κ2) is 5.05. The molecule has 1 saturated heterocycles. The molecule has 1 aliphatic heterocycles. The van der Waals surface area contributed by atoms with Gasteiger partial charge >= 0.3 is 0 Å². The molecule has 0 amide bonds. The van der Waals surface area contributed by atoms with Crippen LogP contribution >= 0.6 is 15.9 Å². The minimum absolute atomic E-state index is 0.609. The average molecular weight is 270 g/mol. The number of halogens is 1. The van der Waals surface area contributed by atoms with Crippen LogP contribution < -0.4 is 5.32 Å². The summed E-state index contributed by atoms with van der Waals surface area (Å²) >= 11 is 3.45. The Labute approximate surface area is 99.0 Å². The summed E-state index contributed by atoms with van der Waals surface area (Å²) in [6, 6.07) is 2.75. The summed E-state index contributed by atoms with van der Waals surface area (Å²) in [6.07, 6.45) is 3.77. The van der Waals surface area contributed by atoms with Gasteiger partial charge in [-0.15, -0.1) is 0 Å². The lowest BCUT2D eigenvalue weighted by atomic mass is 10.2. The van der Waals surface area contributed by atoms with Gasteiger partial charge in [-0.25, -0.2) is 0 Å². The van der Waals surface area contributed by atoms with Crippen molar-refractivity contribution in [3.63, 3.8) is 0 Å². The molecule has 0 bridgehead atoms. The average Bonchev–Trinajstić information content (AvgIpc) is 2.22. The van der Waals surface area contributed by atoms with E-state index in [1.54, 1.807) is 0 Å². The van der Waals surface area contributed by atoms with Crippen molar-refractivity contribution in [1.29, 1.82) is 0 Å². The lowest BCUT2D eigenvalue weighted by Crippen LogP contribution is -2.49. The van der Waals surface area contributed by atoms with E-state index in [1.807, 2.05) is 12.4 Å². The number of hydrogen-bond acceptors (Lipinski definition) is 3. The highest BCUT2D eigenvalue weighted by molar-refractivity contribution is 9.10. The van der Waals surface area contributed by atoms with Crippen LogP contribution in [-0.2, 0) is 6.54 Å². The van der Waals surface area contributed by atoms with Gasteiger partial charge in [0, 0.05) is 49.1 Å². The van der Waals surface area contributed by atoms with Gasteiger partial charge in [0.05, 0.1) is 0 Å². The van der Waals surface area contributed by atoms with Gasteiger partial charge in [0.2, 0.25) is 0 Å². The molecule has 3 nitrogen and oxygen atoms in total. The molecule has 4 heteroatoms. The van der Waals surface area contributed by atoms with Gasteiger partial charge in [0.1, 0.15) is 0 Å². The molecule has 2 rings (SSSR count). The largest absolute Gasteiger partial charge is 0.314 e. The molecular weight excluding hydrogens is 254 g/mol. The molecule has 1 aromatic rings. The molecule has 15 heavy (non-hydrogen) atoms. The van der Waals surface area contributed by atoms with Crippen LogP contribution in [0.1, 0.15) is 12.5 Å². The Kier molecular flexibility index (Phi) is 3.72. The van der Waals surface area contributed by atoms with E-state index in [0.717, 1.165) is 30.7 Å². The molecule has 1 atom stereocenters. The van der Waals surface area contributed by atoms with Crippen molar-refractivity contribution >= 4 is 15.9 Å². The van der Waals surface area contributed by atoms with Gasteiger partial charge in [-0.3, -0.25) is 9.88 Å². The Balaban J connectivity index is 2.01. The molecule has 82 valence electrons. The molecule has 1 fully saturated rings. The number of aromatic nitrogens is 1. The fourth-order valence-corrected chi connectivity index (χ4v) is 2.31. The molecule has 0 aliphatic carbocycles. The van der Waals surface area contributed by atoms with Gasteiger partial charge in [-0.1, -0.05) is 0 Å². The normalized spacial score (nSPS) is 22.9. The molecule has 0 radical (unpaired) electrons. The predicted molar refractivity (Wildman–Crippen MR) is 64.7 cm³/mol. The maximum Gasteiger partial charge on any atom is 0.0410 e. The first-order chi connectivity index (χ1) is 7.25. The lowest BCUT2D eigenvalue weighted by molar-refractivity contribution is 0.165. The Morgan fingerprint density at radius 1 is 1.60 bits per heavy atom. The quantitative estimate of drug-likeness (QED) is 0.885. The molecule has 0 saturated carbocycles. The summed E-state index contributed by atoms with van der Waals surface area (Å²) in [5, 5.41) is 3.40. The Bertz CT molecular complexity index is 329. The van der Waals surface area contributed by atoms with Gasteiger partial charge in [-0.2, -0.15) is 0 Å². The summed E-state index contributed by atoms with van der Waals surface area (Å²) in [5.74, 6) is 0. The van der Waals surface area contributed by atoms with Crippen molar-refractivity contribution in [2.75, 3.05) is 19.6 Å². The number of pyridine rings is 1. The van der Waals surface area contributed by atoms with Crippen LogP contribution in [0.2, 0.25) is 0 Å². The maximum absolute atomic E-state index is 4.19. The zero-order valence-electron chi connectivity index (χ0n) is 8.91. The minimum Gasteiger partial charge on any atom is -0.314 e. The van der Waals surface area contributed by atoms with E-state index in [-0.39, 0.29) is 0 Å². The van der Waals surface area contributed by atoms with Crippen LogP contribution in [0, 0.1) is 0 Å². The Hall–Kier alpha value is -0.450. The third-order valence-electron chi connectivity index (χ3n) is 2.79. The van der Waals surface area contributed by atoms with Crippen LogP contribution in [0.15, 0.2) is 22.9 Å². The first-order valence-corrected chi connectivity index (χ1v) is 6.09.